The van der Waals surface area contributed by atoms with Crippen LogP contribution in [0, 0.1) is 5.41 Å². The van der Waals surface area contributed by atoms with Crippen LogP contribution in [0.1, 0.15) is 94.5 Å². The number of likely N-dealkylation sites (tertiary alicyclic amines) is 1. The smallest absolute Gasteiger partial charge is 0.245 e. The molecule has 1 amide bonds. The van der Waals surface area contributed by atoms with Gasteiger partial charge in [-0.1, -0.05) is 13.8 Å². The van der Waals surface area contributed by atoms with Gasteiger partial charge >= 0.3 is 0 Å². The number of fused-ring (bicyclic) bond motifs is 1. The van der Waals surface area contributed by atoms with Crippen molar-refractivity contribution >= 4 is 23.5 Å². The van der Waals surface area contributed by atoms with Gasteiger partial charge in [-0.15, -0.1) is 0 Å². The number of anilines is 3. The zero-order valence-corrected chi connectivity index (χ0v) is 21.3. The van der Waals surface area contributed by atoms with Crippen molar-refractivity contribution in [1.29, 1.82) is 0 Å². The van der Waals surface area contributed by atoms with Crippen LogP contribution in [-0.4, -0.2) is 56.6 Å². The van der Waals surface area contributed by atoms with E-state index in [1.807, 2.05) is 0 Å². The number of rotatable bonds is 5. The van der Waals surface area contributed by atoms with Gasteiger partial charge in [0.2, 0.25) is 11.9 Å². The Morgan fingerprint density at radius 3 is 2.71 bits per heavy atom. The Morgan fingerprint density at radius 2 is 1.91 bits per heavy atom. The van der Waals surface area contributed by atoms with Crippen LogP contribution in [0.4, 0.5) is 17.6 Å². The molecule has 0 bridgehead atoms. The third-order valence-electron chi connectivity index (χ3n) is 8.64. The second kappa shape index (κ2) is 9.10. The maximum atomic E-state index is 13.4. The van der Waals surface area contributed by atoms with Crippen LogP contribution in [-0.2, 0) is 17.6 Å². The molecule has 2 aliphatic carbocycles. The molecule has 188 valence electrons. The molecule has 2 aliphatic heterocycles. The number of H-pyrrole nitrogens is 1. The Bertz CT molecular complexity index is 1090. The summed E-state index contributed by atoms with van der Waals surface area (Å²) in [6.45, 7) is 7.33. The number of nitrogens with one attached hydrogen (secondary N) is 2. The molecule has 3 fully saturated rings. The first-order chi connectivity index (χ1) is 17.0. The number of hydrogen-bond acceptors (Lipinski definition) is 6. The van der Waals surface area contributed by atoms with Gasteiger partial charge in [0.05, 0.1) is 5.69 Å². The molecule has 4 heterocycles. The maximum absolute atomic E-state index is 13.4. The average molecular weight is 478 g/mol. The molecule has 2 N–H and O–H groups in total. The van der Waals surface area contributed by atoms with E-state index in [9.17, 15) is 4.79 Å². The predicted molar refractivity (Wildman–Crippen MR) is 137 cm³/mol. The highest BCUT2D eigenvalue weighted by Crippen LogP contribution is 2.45. The second-order valence-corrected chi connectivity index (χ2v) is 11.8. The summed E-state index contributed by atoms with van der Waals surface area (Å²) in [4.78, 5) is 27.6. The van der Waals surface area contributed by atoms with Gasteiger partial charge in [0.25, 0.3) is 0 Å². The van der Waals surface area contributed by atoms with E-state index in [2.05, 4.69) is 45.2 Å². The Balaban J connectivity index is 1.24. The van der Waals surface area contributed by atoms with Crippen molar-refractivity contribution in [3.63, 3.8) is 0 Å². The zero-order valence-electron chi connectivity index (χ0n) is 21.3. The lowest BCUT2D eigenvalue weighted by Gasteiger charge is -2.32. The van der Waals surface area contributed by atoms with Crippen molar-refractivity contribution in [3.05, 3.63) is 23.0 Å². The van der Waals surface area contributed by atoms with Crippen molar-refractivity contribution in [2.24, 2.45) is 5.41 Å². The molecule has 6 rings (SSSR count). The number of piperidine rings is 1. The van der Waals surface area contributed by atoms with Crippen molar-refractivity contribution in [1.82, 2.24) is 25.1 Å². The molecule has 0 spiro atoms. The summed E-state index contributed by atoms with van der Waals surface area (Å²) in [7, 11) is 0. The van der Waals surface area contributed by atoms with Gasteiger partial charge in [-0.3, -0.25) is 9.89 Å². The molecule has 2 aromatic rings. The average Bonchev–Trinajstić information content (AvgIpc) is 3.65. The maximum Gasteiger partial charge on any atom is 0.245 e. The van der Waals surface area contributed by atoms with Gasteiger partial charge in [-0.2, -0.15) is 10.1 Å². The Morgan fingerprint density at radius 1 is 1.06 bits per heavy atom. The first-order valence-corrected chi connectivity index (χ1v) is 13.7. The molecule has 1 saturated carbocycles. The van der Waals surface area contributed by atoms with Gasteiger partial charge in [-0.05, 0) is 76.0 Å². The predicted octanol–water partition coefficient (Wildman–Crippen LogP) is 4.71. The number of aryl methyl sites for hydroxylation is 1. The fraction of sp³-hybridized carbons (Fsp3) is 0.704. The van der Waals surface area contributed by atoms with Crippen LogP contribution >= 0.6 is 0 Å². The van der Waals surface area contributed by atoms with Crippen molar-refractivity contribution < 1.29 is 4.79 Å². The molecule has 2 atom stereocenters. The highest BCUT2D eigenvalue weighted by molar-refractivity contribution is 5.85. The van der Waals surface area contributed by atoms with E-state index in [1.54, 1.807) is 0 Å². The number of amides is 1. The largest absolute Gasteiger partial charge is 0.341 e. The summed E-state index contributed by atoms with van der Waals surface area (Å²) in [5, 5.41) is 11.4. The number of hydrogen-bond donors (Lipinski definition) is 2. The second-order valence-electron chi connectivity index (χ2n) is 11.8. The molecule has 0 unspecified atom stereocenters. The molecule has 2 aromatic heterocycles. The summed E-state index contributed by atoms with van der Waals surface area (Å²) in [6.07, 6.45) is 12.1. The van der Waals surface area contributed by atoms with Gasteiger partial charge in [0.15, 0.2) is 5.82 Å². The van der Waals surface area contributed by atoms with Crippen molar-refractivity contribution in [3.8, 4) is 0 Å². The number of aromatic nitrogens is 4. The number of carbonyl (C=O) groups is 1. The number of aromatic amines is 1. The minimum absolute atomic E-state index is 0.136. The molecule has 35 heavy (non-hydrogen) atoms. The molecular weight excluding hydrogens is 438 g/mol. The standard InChI is InChI=1S/C27H39N7O/c1-27(2)12-11-18(17-27)21-16-23(32-31-21)29-24-19-8-6-9-20(19)28-26(30-24)34-15-7-10-22(34)25(35)33-13-4-3-5-14-33/h16,18,22H,3-15,17H2,1-2H3,(H2,28,29,30,31,32)/t18-,22-/m1/s1. The molecule has 0 aromatic carbocycles. The fourth-order valence-corrected chi connectivity index (χ4v) is 6.67. The quantitative estimate of drug-likeness (QED) is 0.648. The Kier molecular flexibility index (Phi) is 5.93. The summed E-state index contributed by atoms with van der Waals surface area (Å²) < 4.78 is 0. The lowest BCUT2D eigenvalue weighted by molar-refractivity contribution is -0.133. The lowest BCUT2D eigenvalue weighted by atomic mass is 9.90. The fourth-order valence-electron chi connectivity index (χ4n) is 6.67. The van der Waals surface area contributed by atoms with E-state index in [4.69, 9.17) is 9.97 Å². The lowest BCUT2D eigenvalue weighted by Crippen LogP contribution is -2.48. The summed E-state index contributed by atoms with van der Waals surface area (Å²) in [6, 6.07) is 2.02. The molecule has 4 aliphatic rings. The van der Waals surface area contributed by atoms with Crippen LogP contribution < -0.4 is 10.2 Å². The summed E-state index contributed by atoms with van der Waals surface area (Å²) >= 11 is 0. The molecule has 2 saturated heterocycles. The van der Waals surface area contributed by atoms with Crippen LogP contribution in [0.25, 0.3) is 0 Å². The van der Waals surface area contributed by atoms with Gasteiger partial charge in [0, 0.05) is 42.9 Å². The molecule has 8 heteroatoms. The van der Waals surface area contributed by atoms with E-state index in [1.165, 1.54) is 36.9 Å². The Hall–Kier alpha value is -2.64. The van der Waals surface area contributed by atoms with Crippen LogP contribution in [0.15, 0.2) is 6.07 Å². The van der Waals surface area contributed by atoms with Crippen molar-refractivity contribution in [2.45, 2.75) is 96.4 Å². The van der Waals surface area contributed by atoms with Gasteiger partial charge < -0.3 is 15.1 Å². The highest BCUT2D eigenvalue weighted by Gasteiger charge is 2.37. The highest BCUT2D eigenvalue weighted by atomic mass is 16.2. The zero-order chi connectivity index (χ0) is 24.0. The van der Waals surface area contributed by atoms with E-state index < -0.39 is 0 Å². The third kappa shape index (κ3) is 4.52. The summed E-state index contributed by atoms with van der Waals surface area (Å²) in [5.41, 5.74) is 3.96. The van der Waals surface area contributed by atoms with Gasteiger partial charge in [-0.25, -0.2) is 4.98 Å². The summed E-state index contributed by atoms with van der Waals surface area (Å²) in [5.74, 6) is 3.20. The third-order valence-corrected chi connectivity index (χ3v) is 8.64. The molecule has 0 radical (unpaired) electrons. The minimum Gasteiger partial charge on any atom is -0.341 e. The van der Waals surface area contributed by atoms with E-state index in [0.29, 0.717) is 17.3 Å². The van der Waals surface area contributed by atoms with Crippen molar-refractivity contribution in [2.75, 3.05) is 29.9 Å². The molecule has 8 nitrogen and oxygen atoms in total. The topological polar surface area (TPSA) is 90.0 Å². The first-order valence-electron chi connectivity index (χ1n) is 13.7. The Labute approximate surface area is 208 Å². The van der Waals surface area contributed by atoms with Crippen LogP contribution in [0.2, 0.25) is 0 Å². The number of carbonyl (C=O) groups excluding carboxylic acids is 1. The van der Waals surface area contributed by atoms with Gasteiger partial charge in [0.1, 0.15) is 11.9 Å². The van der Waals surface area contributed by atoms with Crippen LogP contribution in [0.5, 0.6) is 0 Å². The van der Waals surface area contributed by atoms with E-state index >= 15 is 0 Å². The van der Waals surface area contributed by atoms with E-state index in [0.717, 1.165) is 81.9 Å². The normalized spacial score (nSPS) is 25.8. The van der Waals surface area contributed by atoms with E-state index in [-0.39, 0.29) is 11.9 Å². The number of nitrogens with zero attached hydrogens (tertiary/aromatic N) is 5. The minimum atomic E-state index is -0.136. The monoisotopic (exact) mass is 477 g/mol. The SMILES string of the molecule is CC1(C)CC[C@@H](c2cc(Nc3nc(N4CCC[C@@H]4C(=O)N4CCCCC4)nc4c3CCC4)n[nH]2)C1. The van der Waals surface area contributed by atoms with Crippen LogP contribution in [0.3, 0.4) is 0 Å². The molecular formula is C27H39N7O. The first kappa shape index (κ1) is 22.8.